The molecular weight excluding hydrogens is 224 g/mol. The number of hydrogen-bond donors (Lipinski definition) is 2. The van der Waals surface area contributed by atoms with Crippen LogP contribution in [-0.4, -0.2) is 16.0 Å². The lowest BCUT2D eigenvalue weighted by atomic mass is 9.96. The molecule has 0 aromatic heterocycles. The summed E-state index contributed by atoms with van der Waals surface area (Å²) < 4.78 is 0. The molecule has 6 heteroatoms. The van der Waals surface area contributed by atoms with Crippen LogP contribution in [0.2, 0.25) is 0 Å². The smallest absolute Gasteiger partial charge is 0.338 e. The lowest BCUT2D eigenvalue weighted by molar-refractivity contribution is -0.385. The largest absolute Gasteiger partial charge is 0.478 e. The fraction of sp³-hybridized carbons (Fsp3) is 0.364. The van der Waals surface area contributed by atoms with E-state index < -0.39 is 10.9 Å². The van der Waals surface area contributed by atoms with Crippen molar-refractivity contribution in [2.45, 2.75) is 26.7 Å². The molecule has 1 aromatic rings. The predicted octanol–water partition coefficient (Wildman–Crippen LogP) is 2.00. The van der Waals surface area contributed by atoms with E-state index in [2.05, 4.69) is 0 Å². The summed E-state index contributed by atoms with van der Waals surface area (Å²) in [5.41, 5.74) is 6.28. The van der Waals surface area contributed by atoms with Gasteiger partial charge in [-0.3, -0.25) is 10.1 Å². The number of nitrogens with two attached hydrogens (primary N) is 1. The van der Waals surface area contributed by atoms with Gasteiger partial charge >= 0.3 is 5.97 Å². The zero-order valence-electron chi connectivity index (χ0n) is 9.69. The Bertz CT molecular complexity index is 483. The van der Waals surface area contributed by atoms with Gasteiger partial charge in [0.1, 0.15) is 0 Å². The van der Waals surface area contributed by atoms with Gasteiger partial charge in [-0.15, -0.1) is 0 Å². The van der Waals surface area contributed by atoms with E-state index in [0.717, 1.165) is 0 Å². The predicted molar refractivity (Wildman–Crippen MR) is 63.2 cm³/mol. The number of carboxylic acid groups (broad SMARTS) is 1. The van der Waals surface area contributed by atoms with Gasteiger partial charge in [-0.25, -0.2) is 4.79 Å². The van der Waals surface area contributed by atoms with E-state index in [9.17, 15) is 14.9 Å². The summed E-state index contributed by atoms with van der Waals surface area (Å²) in [7, 11) is 0. The Morgan fingerprint density at radius 3 is 2.41 bits per heavy atom. The maximum absolute atomic E-state index is 11.1. The Balaban J connectivity index is 3.66. The molecule has 0 fully saturated rings. The number of nitro benzene ring substituents is 1. The Morgan fingerprint density at radius 2 is 2.06 bits per heavy atom. The minimum atomic E-state index is -1.15. The van der Waals surface area contributed by atoms with Crippen LogP contribution in [0.25, 0.3) is 0 Å². The molecule has 0 saturated heterocycles. The third-order valence-corrected chi connectivity index (χ3v) is 2.68. The number of carbonyl (C=O) groups is 1. The minimum absolute atomic E-state index is 0.00560. The molecule has 0 bridgehead atoms. The number of rotatable bonds is 4. The van der Waals surface area contributed by atoms with E-state index in [-0.39, 0.29) is 22.5 Å². The molecule has 0 radical (unpaired) electrons. The Morgan fingerprint density at radius 1 is 1.47 bits per heavy atom. The van der Waals surface area contributed by atoms with Gasteiger partial charge in [0.15, 0.2) is 0 Å². The number of nitrogen functional groups attached to an aromatic ring is 1. The Hall–Kier alpha value is -2.11. The van der Waals surface area contributed by atoms with E-state index in [1.54, 1.807) is 13.8 Å². The maximum Gasteiger partial charge on any atom is 0.338 e. The molecule has 0 aliphatic carbocycles. The highest BCUT2D eigenvalue weighted by molar-refractivity contribution is 5.97. The number of aromatic carboxylic acids is 1. The average Bonchev–Trinajstić information content (AvgIpc) is 2.26. The first kappa shape index (κ1) is 13.0. The van der Waals surface area contributed by atoms with E-state index in [4.69, 9.17) is 10.8 Å². The van der Waals surface area contributed by atoms with Gasteiger partial charge in [0.25, 0.3) is 5.69 Å². The fourth-order valence-electron chi connectivity index (χ4n) is 1.85. The molecule has 0 unspecified atom stereocenters. The van der Waals surface area contributed by atoms with Crippen LogP contribution in [0, 0.1) is 10.1 Å². The molecule has 3 N–H and O–H groups in total. The SMILES string of the molecule is CCc1cc([N+](=O)[O-])c(CC)c(N)c1C(=O)O. The number of hydrogen-bond acceptors (Lipinski definition) is 4. The first-order valence-electron chi connectivity index (χ1n) is 5.25. The van der Waals surface area contributed by atoms with Crippen molar-refractivity contribution in [3.63, 3.8) is 0 Å². The number of anilines is 1. The minimum Gasteiger partial charge on any atom is -0.478 e. The van der Waals surface area contributed by atoms with E-state index in [0.29, 0.717) is 18.4 Å². The third-order valence-electron chi connectivity index (χ3n) is 2.68. The summed E-state index contributed by atoms with van der Waals surface area (Å²) in [4.78, 5) is 21.5. The van der Waals surface area contributed by atoms with Crippen molar-refractivity contribution >= 4 is 17.3 Å². The number of benzene rings is 1. The second kappa shape index (κ2) is 4.82. The Labute approximate surface area is 98.2 Å². The molecular formula is C11H14N2O4. The van der Waals surface area contributed by atoms with Crippen LogP contribution in [0.4, 0.5) is 11.4 Å². The van der Waals surface area contributed by atoms with Gasteiger partial charge in [0.05, 0.1) is 21.7 Å². The molecule has 0 aliphatic heterocycles. The summed E-state index contributed by atoms with van der Waals surface area (Å²) in [6, 6.07) is 1.30. The highest BCUT2D eigenvalue weighted by atomic mass is 16.6. The highest BCUT2D eigenvalue weighted by Crippen LogP contribution is 2.31. The molecule has 6 nitrogen and oxygen atoms in total. The highest BCUT2D eigenvalue weighted by Gasteiger charge is 2.24. The van der Waals surface area contributed by atoms with Gasteiger partial charge in [-0.05, 0) is 18.4 Å². The van der Waals surface area contributed by atoms with Crippen molar-refractivity contribution in [3.05, 3.63) is 32.9 Å². The number of nitrogens with zero attached hydrogens (tertiary/aromatic N) is 1. The molecule has 0 heterocycles. The molecule has 1 aromatic carbocycles. The standard InChI is InChI=1S/C11H14N2O4/c1-3-6-5-8(13(16)17)7(4-2)10(12)9(6)11(14)15/h5H,3-4,12H2,1-2H3,(H,14,15). The van der Waals surface area contributed by atoms with Gasteiger partial charge in [-0.1, -0.05) is 13.8 Å². The normalized spacial score (nSPS) is 10.2. The molecule has 0 spiro atoms. The number of carboxylic acids is 1. The first-order chi connectivity index (χ1) is 7.93. The molecule has 17 heavy (non-hydrogen) atoms. The Kier molecular flexibility index (Phi) is 3.67. The van der Waals surface area contributed by atoms with Crippen molar-refractivity contribution < 1.29 is 14.8 Å². The van der Waals surface area contributed by atoms with Crippen LogP contribution in [0.1, 0.15) is 35.3 Å². The van der Waals surface area contributed by atoms with Crippen LogP contribution in [0.5, 0.6) is 0 Å². The van der Waals surface area contributed by atoms with Crippen molar-refractivity contribution in [3.8, 4) is 0 Å². The summed E-state index contributed by atoms with van der Waals surface area (Å²) in [6.45, 7) is 3.44. The van der Waals surface area contributed by atoms with Crippen molar-refractivity contribution in [1.29, 1.82) is 0 Å². The quantitative estimate of drug-likeness (QED) is 0.474. The van der Waals surface area contributed by atoms with Gasteiger partial charge in [-0.2, -0.15) is 0 Å². The second-order valence-corrected chi connectivity index (χ2v) is 3.59. The van der Waals surface area contributed by atoms with E-state index in [1.165, 1.54) is 6.07 Å². The van der Waals surface area contributed by atoms with E-state index >= 15 is 0 Å². The van der Waals surface area contributed by atoms with Crippen molar-refractivity contribution in [2.24, 2.45) is 0 Å². The number of aryl methyl sites for hydroxylation is 1. The average molecular weight is 238 g/mol. The van der Waals surface area contributed by atoms with Gasteiger partial charge < -0.3 is 10.8 Å². The summed E-state index contributed by atoms with van der Waals surface area (Å²) >= 11 is 0. The zero-order chi connectivity index (χ0) is 13.2. The number of nitro groups is 1. The van der Waals surface area contributed by atoms with E-state index in [1.807, 2.05) is 0 Å². The molecule has 0 amide bonds. The molecule has 92 valence electrons. The van der Waals surface area contributed by atoms with Crippen LogP contribution in [0.15, 0.2) is 6.07 Å². The first-order valence-corrected chi connectivity index (χ1v) is 5.25. The topological polar surface area (TPSA) is 106 Å². The molecule has 0 atom stereocenters. The second-order valence-electron chi connectivity index (χ2n) is 3.59. The van der Waals surface area contributed by atoms with Crippen LogP contribution < -0.4 is 5.73 Å². The van der Waals surface area contributed by atoms with Gasteiger partial charge in [0, 0.05) is 6.07 Å². The van der Waals surface area contributed by atoms with Crippen molar-refractivity contribution in [2.75, 3.05) is 5.73 Å². The molecule has 0 aliphatic rings. The molecule has 0 saturated carbocycles. The van der Waals surface area contributed by atoms with Crippen LogP contribution in [-0.2, 0) is 12.8 Å². The third kappa shape index (κ3) is 2.20. The fourth-order valence-corrected chi connectivity index (χ4v) is 1.85. The summed E-state index contributed by atoms with van der Waals surface area (Å²) in [5.74, 6) is -1.15. The summed E-state index contributed by atoms with van der Waals surface area (Å²) in [5, 5.41) is 20.0. The lowest BCUT2D eigenvalue weighted by Gasteiger charge is -2.11. The van der Waals surface area contributed by atoms with Crippen LogP contribution >= 0.6 is 0 Å². The monoisotopic (exact) mass is 238 g/mol. The lowest BCUT2D eigenvalue weighted by Crippen LogP contribution is -2.11. The zero-order valence-corrected chi connectivity index (χ0v) is 9.69. The van der Waals surface area contributed by atoms with Gasteiger partial charge in [0.2, 0.25) is 0 Å². The maximum atomic E-state index is 11.1. The van der Waals surface area contributed by atoms with Crippen molar-refractivity contribution in [1.82, 2.24) is 0 Å². The summed E-state index contributed by atoms with van der Waals surface area (Å²) in [6.07, 6.45) is 0.711. The molecule has 1 rings (SSSR count). The van der Waals surface area contributed by atoms with Crippen LogP contribution in [0.3, 0.4) is 0 Å².